The standard InChI is InChI=1S/C29H34N4O5S/c1-5-9-21-25(28(35)37-6-2)26(20-10-7-8-11-22(20)36-4)33-27(34)23(39-29(33)30-21)18-19-12-13-24(38-19)32-16-14-31(3)15-17-32/h7-8,10-13,18,26H,5-6,9,14-17H2,1-4H3/b23-18-. The van der Waals surface area contributed by atoms with Crippen molar-refractivity contribution in [2.75, 3.05) is 51.8 Å². The van der Waals surface area contributed by atoms with Crippen molar-refractivity contribution < 1.29 is 18.7 Å². The molecule has 1 aromatic carbocycles. The Labute approximate surface area is 231 Å². The molecular weight excluding hydrogens is 516 g/mol. The molecule has 39 heavy (non-hydrogen) atoms. The molecule has 1 saturated heterocycles. The minimum Gasteiger partial charge on any atom is -0.496 e. The number of ether oxygens (including phenoxy) is 2. The molecule has 0 amide bonds. The fraction of sp³-hybridized carbons (Fsp3) is 0.414. The van der Waals surface area contributed by atoms with Crippen LogP contribution in [0.1, 0.15) is 44.1 Å². The van der Waals surface area contributed by atoms with Gasteiger partial charge in [-0.05, 0) is 32.5 Å². The van der Waals surface area contributed by atoms with E-state index in [0.717, 1.165) is 38.5 Å². The summed E-state index contributed by atoms with van der Waals surface area (Å²) in [7, 11) is 3.69. The first-order chi connectivity index (χ1) is 18.9. The lowest BCUT2D eigenvalue weighted by molar-refractivity contribution is -0.139. The van der Waals surface area contributed by atoms with Gasteiger partial charge in [0.1, 0.15) is 17.6 Å². The number of thiazole rings is 1. The lowest BCUT2D eigenvalue weighted by Gasteiger charge is -2.32. The van der Waals surface area contributed by atoms with Gasteiger partial charge in [0.05, 0.1) is 29.5 Å². The zero-order chi connectivity index (χ0) is 27.5. The molecule has 0 radical (unpaired) electrons. The number of rotatable bonds is 8. The highest BCUT2D eigenvalue weighted by molar-refractivity contribution is 7.07. The number of hydrogen-bond acceptors (Lipinski definition) is 9. The number of furan rings is 1. The molecule has 1 fully saturated rings. The predicted molar refractivity (Wildman–Crippen MR) is 151 cm³/mol. The smallest absolute Gasteiger partial charge is 0.338 e. The molecule has 2 aromatic heterocycles. The molecule has 4 heterocycles. The number of esters is 1. The van der Waals surface area contributed by atoms with E-state index in [9.17, 15) is 9.59 Å². The number of carbonyl (C=O) groups excluding carboxylic acids is 1. The minimum atomic E-state index is -0.724. The molecule has 0 aliphatic carbocycles. The Kier molecular flexibility index (Phi) is 8.04. The maximum Gasteiger partial charge on any atom is 0.338 e. The minimum absolute atomic E-state index is 0.221. The number of fused-ring (bicyclic) bond motifs is 1. The summed E-state index contributed by atoms with van der Waals surface area (Å²) in [4.78, 5) is 37.1. The number of benzene rings is 1. The zero-order valence-corrected chi connectivity index (χ0v) is 23.6. The van der Waals surface area contributed by atoms with E-state index in [0.29, 0.717) is 44.1 Å². The van der Waals surface area contributed by atoms with Crippen LogP contribution in [0.2, 0.25) is 0 Å². The Morgan fingerprint density at radius 3 is 2.64 bits per heavy atom. The maximum absolute atomic E-state index is 13.9. The van der Waals surface area contributed by atoms with E-state index in [4.69, 9.17) is 18.9 Å². The van der Waals surface area contributed by atoms with Crippen molar-refractivity contribution in [2.24, 2.45) is 4.99 Å². The summed E-state index contributed by atoms with van der Waals surface area (Å²) in [6.07, 6.45) is 3.13. The highest BCUT2D eigenvalue weighted by atomic mass is 32.1. The Bertz CT molecular complexity index is 1560. The van der Waals surface area contributed by atoms with Crippen LogP contribution in [-0.2, 0) is 9.53 Å². The van der Waals surface area contributed by atoms with Crippen molar-refractivity contribution in [1.29, 1.82) is 0 Å². The molecule has 0 N–H and O–H groups in total. The lowest BCUT2D eigenvalue weighted by atomic mass is 9.93. The Morgan fingerprint density at radius 1 is 1.15 bits per heavy atom. The number of methoxy groups -OCH3 is 1. The molecule has 0 bridgehead atoms. The van der Waals surface area contributed by atoms with E-state index in [1.54, 1.807) is 24.7 Å². The zero-order valence-electron chi connectivity index (χ0n) is 22.8. The van der Waals surface area contributed by atoms with Gasteiger partial charge in [0.25, 0.3) is 5.56 Å². The second-order valence-electron chi connectivity index (χ2n) is 9.62. The molecule has 1 atom stereocenters. The van der Waals surface area contributed by atoms with Gasteiger partial charge < -0.3 is 23.7 Å². The van der Waals surface area contributed by atoms with E-state index >= 15 is 0 Å². The molecule has 10 heteroatoms. The van der Waals surface area contributed by atoms with Gasteiger partial charge in [-0.2, -0.15) is 0 Å². The summed E-state index contributed by atoms with van der Waals surface area (Å²) in [6, 6.07) is 10.6. The van der Waals surface area contributed by atoms with Crippen molar-refractivity contribution in [3.63, 3.8) is 0 Å². The predicted octanol–water partition coefficient (Wildman–Crippen LogP) is 2.93. The molecular formula is C29H34N4O5S. The van der Waals surface area contributed by atoms with Crippen LogP contribution in [0.5, 0.6) is 5.75 Å². The first kappa shape index (κ1) is 27.0. The SMILES string of the molecule is CCCC1=C(C(=O)OCC)C(c2ccccc2OC)n2c(s/c(=C\c3ccc(N4CCN(C)CC4)o3)c2=O)=N1. The number of allylic oxidation sites excluding steroid dienone is 1. The second kappa shape index (κ2) is 11.6. The summed E-state index contributed by atoms with van der Waals surface area (Å²) in [5.41, 5.74) is 1.46. The third kappa shape index (κ3) is 5.31. The topological polar surface area (TPSA) is 89.5 Å². The first-order valence-corrected chi connectivity index (χ1v) is 14.1. The van der Waals surface area contributed by atoms with E-state index in [2.05, 4.69) is 16.8 Å². The van der Waals surface area contributed by atoms with Gasteiger partial charge in [0.2, 0.25) is 0 Å². The van der Waals surface area contributed by atoms with Crippen LogP contribution < -0.4 is 24.5 Å². The average Bonchev–Trinajstić information content (AvgIpc) is 3.53. The molecule has 2 aliphatic heterocycles. The van der Waals surface area contributed by atoms with Crippen molar-refractivity contribution >= 4 is 29.3 Å². The van der Waals surface area contributed by atoms with Crippen LogP contribution in [0.4, 0.5) is 5.88 Å². The molecule has 3 aromatic rings. The van der Waals surface area contributed by atoms with Crippen LogP contribution in [0.15, 0.2) is 61.9 Å². The number of carbonyl (C=O) groups is 1. The van der Waals surface area contributed by atoms with E-state index in [1.165, 1.54) is 11.3 Å². The van der Waals surface area contributed by atoms with Crippen molar-refractivity contribution in [3.05, 3.63) is 78.7 Å². The van der Waals surface area contributed by atoms with Crippen LogP contribution >= 0.6 is 11.3 Å². The summed E-state index contributed by atoms with van der Waals surface area (Å²) < 4.78 is 19.3. The molecule has 0 spiro atoms. The van der Waals surface area contributed by atoms with E-state index in [1.807, 2.05) is 43.3 Å². The average molecular weight is 551 g/mol. The van der Waals surface area contributed by atoms with Crippen LogP contribution in [-0.4, -0.2) is 62.4 Å². The first-order valence-electron chi connectivity index (χ1n) is 13.3. The van der Waals surface area contributed by atoms with Gasteiger partial charge in [0, 0.05) is 43.9 Å². The largest absolute Gasteiger partial charge is 0.496 e. The lowest BCUT2D eigenvalue weighted by Crippen LogP contribution is -2.44. The van der Waals surface area contributed by atoms with Crippen molar-refractivity contribution in [3.8, 4) is 5.75 Å². The summed E-state index contributed by atoms with van der Waals surface area (Å²) in [6.45, 7) is 7.75. The third-order valence-electron chi connectivity index (χ3n) is 7.03. The van der Waals surface area contributed by atoms with Crippen molar-refractivity contribution in [1.82, 2.24) is 9.47 Å². The quantitative estimate of drug-likeness (QED) is 0.399. The van der Waals surface area contributed by atoms with Gasteiger partial charge in [-0.3, -0.25) is 9.36 Å². The second-order valence-corrected chi connectivity index (χ2v) is 10.6. The summed E-state index contributed by atoms with van der Waals surface area (Å²) >= 11 is 1.29. The molecule has 9 nitrogen and oxygen atoms in total. The highest BCUT2D eigenvalue weighted by Crippen LogP contribution is 2.36. The number of anilines is 1. The number of aromatic nitrogens is 1. The highest BCUT2D eigenvalue weighted by Gasteiger charge is 2.35. The molecule has 1 unspecified atom stereocenters. The Morgan fingerprint density at radius 2 is 1.92 bits per heavy atom. The Balaban J connectivity index is 1.64. The monoisotopic (exact) mass is 550 g/mol. The number of hydrogen-bond donors (Lipinski definition) is 0. The van der Waals surface area contributed by atoms with Gasteiger partial charge in [-0.1, -0.05) is 42.9 Å². The third-order valence-corrected chi connectivity index (χ3v) is 8.01. The number of piperazine rings is 1. The van der Waals surface area contributed by atoms with Crippen LogP contribution in [0.25, 0.3) is 6.08 Å². The molecule has 2 aliphatic rings. The maximum atomic E-state index is 13.9. The van der Waals surface area contributed by atoms with Gasteiger partial charge >= 0.3 is 5.97 Å². The Hall–Kier alpha value is -3.63. The number of nitrogens with zero attached hydrogens (tertiary/aromatic N) is 4. The van der Waals surface area contributed by atoms with Crippen LogP contribution in [0, 0.1) is 0 Å². The van der Waals surface area contributed by atoms with Gasteiger partial charge in [-0.15, -0.1) is 0 Å². The van der Waals surface area contributed by atoms with E-state index < -0.39 is 12.0 Å². The normalized spacial score (nSPS) is 18.2. The van der Waals surface area contributed by atoms with Gasteiger partial charge in [-0.25, -0.2) is 9.79 Å². The molecule has 0 saturated carbocycles. The van der Waals surface area contributed by atoms with Crippen LogP contribution in [0.3, 0.4) is 0 Å². The molecule has 206 valence electrons. The molecule has 5 rings (SSSR count). The fourth-order valence-electron chi connectivity index (χ4n) is 5.05. The fourth-order valence-corrected chi connectivity index (χ4v) is 6.05. The summed E-state index contributed by atoms with van der Waals surface area (Å²) in [5, 5.41) is 0. The van der Waals surface area contributed by atoms with E-state index in [-0.39, 0.29) is 12.2 Å². The van der Waals surface area contributed by atoms with Gasteiger partial charge in [0.15, 0.2) is 10.7 Å². The van der Waals surface area contributed by atoms with Crippen molar-refractivity contribution in [2.45, 2.75) is 32.7 Å². The number of likely N-dealkylation sites (N-methyl/N-ethyl adjacent to an activating group) is 1. The number of para-hydroxylation sites is 1. The summed E-state index contributed by atoms with van der Waals surface area (Å²) in [5.74, 6) is 1.50.